The van der Waals surface area contributed by atoms with E-state index in [1.807, 2.05) is 54.7 Å². The average Bonchev–Trinajstić information content (AvgIpc) is 3.20. The van der Waals surface area contributed by atoms with E-state index in [-0.39, 0.29) is 11.6 Å². The number of hydrogen-bond donors (Lipinski definition) is 3. The fraction of sp³-hybridized carbons (Fsp3) is 0.200. The van der Waals surface area contributed by atoms with Gasteiger partial charge in [-0.1, -0.05) is 30.3 Å². The summed E-state index contributed by atoms with van der Waals surface area (Å²) in [6, 6.07) is 15.6. The first-order valence-electron chi connectivity index (χ1n) is 8.71. The molecule has 1 amide bonds. The van der Waals surface area contributed by atoms with Gasteiger partial charge in [-0.25, -0.2) is 4.79 Å². The van der Waals surface area contributed by atoms with E-state index in [0.717, 1.165) is 27.5 Å². The molecule has 132 valence electrons. The number of imidazole rings is 1. The first-order valence-corrected chi connectivity index (χ1v) is 8.71. The van der Waals surface area contributed by atoms with Crippen molar-refractivity contribution in [2.75, 3.05) is 6.54 Å². The summed E-state index contributed by atoms with van der Waals surface area (Å²) >= 11 is 0. The molecule has 0 unspecified atom stereocenters. The minimum absolute atomic E-state index is 0.0129. The highest BCUT2D eigenvalue weighted by Gasteiger charge is 2.09. The van der Waals surface area contributed by atoms with Crippen LogP contribution in [0.15, 0.2) is 59.5 Å². The minimum Gasteiger partial charge on any atom is -0.361 e. The fourth-order valence-electron chi connectivity index (χ4n) is 3.31. The van der Waals surface area contributed by atoms with E-state index >= 15 is 0 Å². The molecule has 0 fully saturated rings. The maximum atomic E-state index is 12.2. The van der Waals surface area contributed by atoms with Crippen molar-refractivity contribution in [3.63, 3.8) is 0 Å². The largest absolute Gasteiger partial charge is 0.361 e. The number of H-pyrrole nitrogens is 2. The van der Waals surface area contributed by atoms with Crippen molar-refractivity contribution in [3.05, 3.63) is 70.8 Å². The third-order valence-corrected chi connectivity index (χ3v) is 4.59. The Balaban J connectivity index is 1.32. The summed E-state index contributed by atoms with van der Waals surface area (Å²) in [5, 5.41) is 4.01. The third kappa shape index (κ3) is 3.13. The lowest BCUT2D eigenvalue weighted by atomic mass is 10.1. The highest BCUT2D eigenvalue weighted by Crippen LogP contribution is 2.17. The van der Waals surface area contributed by atoms with Crippen LogP contribution in [-0.4, -0.2) is 27.0 Å². The molecule has 0 saturated carbocycles. The third-order valence-electron chi connectivity index (χ3n) is 4.59. The maximum absolute atomic E-state index is 12.2. The number of para-hydroxylation sites is 3. The molecule has 0 spiro atoms. The molecule has 2 aromatic heterocycles. The van der Waals surface area contributed by atoms with Gasteiger partial charge in [-0.2, -0.15) is 0 Å². The Morgan fingerprint density at radius 3 is 2.69 bits per heavy atom. The van der Waals surface area contributed by atoms with Gasteiger partial charge in [-0.05, 0) is 30.2 Å². The lowest BCUT2D eigenvalue weighted by molar-refractivity contribution is -0.120. The molecule has 4 aromatic rings. The predicted molar refractivity (Wildman–Crippen MR) is 102 cm³/mol. The van der Waals surface area contributed by atoms with Gasteiger partial charge in [0.15, 0.2) is 0 Å². The quantitative estimate of drug-likeness (QED) is 0.468. The molecule has 6 heteroatoms. The molecule has 3 N–H and O–H groups in total. The van der Waals surface area contributed by atoms with E-state index in [1.54, 1.807) is 4.57 Å². The van der Waals surface area contributed by atoms with Crippen molar-refractivity contribution in [1.29, 1.82) is 0 Å². The van der Waals surface area contributed by atoms with Gasteiger partial charge in [0, 0.05) is 30.2 Å². The first-order chi connectivity index (χ1) is 12.7. The molecule has 0 bridgehead atoms. The number of rotatable bonds is 6. The van der Waals surface area contributed by atoms with Crippen molar-refractivity contribution >= 4 is 27.8 Å². The second-order valence-corrected chi connectivity index (χ2v) is 6.34. The Kier molecular flexibility index (Phi) is 4.31. The number of aromatic amines is 2. The van der Waals surface area contributed by atoms with Crippen LogP contribution in [-0.2, 0) is 17.8 Å². The summed E-state index contributed by atoms with van der Waals surface area (Å²) in [5.74, 6) is -0.0129. The van der Waals surface area contributed by atoms with Gasteiger partial charge in [0.1, 0.15) is 0 Å². The Labute approximate surface area is 149 Å². The molecule has 26 heavy (non-hydrogen) atoms. The second kappa shape index (κ2) is 6.92. The van der Waals surface area contributed by atoms with Crippen LogP contribution >= 0.6 is 0 Å². The van der Waals surface area contributed by atoms with Crippen molar-refractivity contribution < 1.29 is 4.79 Å². The van der Waals surface area contributed by atoms with E-state index < -0.39 is 0 Å². The predicted octanol–water partition coefficient (Wildman–Crippen LogP) is 2.56. The molecule has 0 radical (unpaired) electrons. The lowest BCUT2D eigenvalue weighted by Crippen LogP contribution is -2.27. The normalized spacial score (nSPS) is 11.2. The summed E-state index contributed by atoms with van der Waals surface area (Å²) in [7, 11) is 0. The number of carbonyl (C=O) groups is 1. The fourth-order valence-corrected chi connectivity index (χ4v) is 3.31. The van der Waals surface area contributed by atoms with Crippen LogP contribution in [0.5, 0.6) is 0 Å². The first kappa shape index (κ1) is 16.2. The Hall–Kier alpha value is -3.28. The molecule has 0 aliphatic rings. The Morgan fingerprint density at radius 2 is 1.81 bits per heavy atom. The summed E-state index contributed by atoms with van der Waals surface area (Å²) < 4.78 is 1.71. The summed E-state index contributed by atoms with van der Waals surface area (Å²) in [6.45, 7) is 1.10. The zero-order valence-corrected chi connectivity index (χ0v) is 14.3. The second-order valence-electron chi connectivity index (χ2n) is 6.34. The molecule has 2 heterocycles. The summed E-state index contributed by atoms with van der Waals surface area (Å²) in [5.41, 5.74) is 3.64. The molecule has 4 rings (SSSR count). The van der Waals surface area contributed by atoms with Crippen molar-refractivity contribution in [3.8, 4) is 0 Å². The Morgan fingerprint density at radius 1 is 1.04 bits per heavy atom. The van der Waals surface area contributed by atoms with Crippen LogP contribution in [0.3, 0.4) is 0 Å². The lowest BCUT2D eigenvalue weighted by Gasteiger charge is -2.06. The van der Waals surface area contributed by atoms with E-state index in [2.05, 4.69) is 15.3 Å². The van der Waals surface area contributed by atoms with Gasteiger partial charge in [0.05, 0.1) is 17.5 Å². The van der Waals surface area contributed by atoms with Gasteiger partial charge in [-0.3, -0.25) is 9.36 Å². The summed E-state index contributed by atoms with van der Waals surface area (Å²) in [6.07, 6.45) is 2.92. The number of hydrogen-bond acceptors (Lipinski definition) is 2. The SMILES string of the molecule is O=C(Cc1c[nH]c2ccccc12)NCCCn1c(=O)[nH]c2ccccc21. The van der Waals surface area contributed by atoms with Crippen LogP contribution in [0, 0.1) is 0 Å². The van der Waals surface area contributed by atoms with Crippen LogP contribution < -0.4 is 11.0 Å². The number of carbonyl (C=O) groups excluding carboxylic acids is 1. The number of fused-ring (bicyclic) bond motifs is 2. The zero-order valence-electron chi connectivity index (χ0n) is 14.3. The number of nitrogens with one attached hydrogen (secondary N) is 3. The van der Waals surface area contributed by atoms with E-state index in [1.165, 1.54) is 0 Å². The van der Waals surface area contributed by atoms with Crippen molar-refractivity contribution in [1.82, 2.24) is 19.9 Å². The van der Waals surface area contributed by atoms with E-state index in [0.29, 0.717) is 25.9 Å². The number of aromatic nitrogens is 3. The Bertz CT molecular complexity index is 1120. The maximum Gasteiger partial charge on any atom is 0.326 e. The number of nitrogens with zero attached hydrogens (tertiary/aromatic N) is 1. The molecule has 2 aromatic carbocycles. The van der Waals surface area contributed by atoms with Crippen LogP contribution in [0.4, 0.5) is 0 Å². The standard InChI is InChI=1S/C20H20N4O2/c25-19(12-14-13-22-16-7-2-1-6-15(14)16)21-10-5-11-24-18-9-4-3-8-17(18)23-20(24)26/h1-4,6-9,13,22H,5,10-12H2,(H,21,25)(H,23,26). The molecular weight excluding hydrogens is 328 g/mol. The van der Waals surface area contributed by atoms with Crippen LogP contribution in [0.1, 0.15) is 12.0 Å². The van der Waals surface area contributed by atoms with Crippen molar-refractivity contribution in [2.45, 2.75) is 19.4 Å². The highest BCUT2D eigenvalue weighted by molar-refractivity contribution is 5.88. The molecule has 6 nitrogen and oxygen atoms in total. The monoisotopic (exact) mass is 348 g/mol. The summed E-state index contributed by atoms with van der Waals surface area (Å²) in [4.78, 5) is 30.2. The number of benzene rings is 2. The molecule has 0 atom stereocenters. The highest BCUT2D eigenvalue weighted by atomic mass is 16.2. The molecule has 0 aliphatic carbocycles. The van der Waals surface area contributed by atoms with Crippen LogP contribution in [0.25, 0.3) is 21.9 Å². The topological polar surface area (TPSA) is 82.7 Å². The molecular formula is C20H20N4O2. The van der Waals surface area contributed by atoms with Gasteiger partial charge >= 0.3 is 5.69 Å². The van der Waals surface area contributed by atoms with Crippen molar-refractivity contribution in [2.24, 2.45) is 0 Å². The average molecular weight is 348 g/mol. The van der Waals surface area contributed by atoms with E-state index in [9.17, 15) is 9.59 Å². The van der Waals surface area contributed by atoms with Crippen LogP contribution in [0.2, 0.25) is 0 Å². The van der Waals surface area contributed by atoms with Gasteiger partial charge in [-0.15, -0.1) is 0 Å². The van der Waals surface area contributed by atoms with Gasteiger partial charge < -0.3 is 15.3 Å². The minimum atomic E-state index is -0.115. The van der Waals surface area contributed by atoms with E-state index in [4.69, 9.17) is 0 Å². The number of amides is 1. The molecule has 0 aliphatic heterocycles. The zero-order chi connectivity index (χ0) is 17.9. The van der Waals surface area contributed by atoms with Gasteiger partial charge in [0.2, 0.25) is 5.91 Å². The number of aryl methyl sites for hydroxylation is 1. The molecule has 0 saturated heterocycles. The van der Waals surface area contributed by atoms with Gasteiger partial charge in [0.25, 0.3) is 0 Å². The smallest absolute Gasteiger partial charge is 0.326 e.